The molecule has 2 nitrogen and oxygen atoms in total. The number of benzene rings is 2. The van der Waals surface area contributed by atoms with Crippen molar-refractivity contribution in [3.8, 4) is 0 Å². The first-order valence-electron chi connectivity index (χ1n) is 10.3. The number of nitrogens with one attached hydrogen (secondary N) is 1. The molecular formula is C24H23Cl2F3N2S. The molecule has 2 aliphatic rings. The number of aryl methyl sites for hydroxylation is 1. The summed E-state index contributed by atoms with van der Waals surface area (Å²) in [6.07, 6.45) is -4.76. The van der Waals surface area contributed by atoms with E-state index in [0.29, 0.717) is 17.2 Å². The number of alkyl halides is 3. The van der Waals surface area contributed by atoms with Gasteiger partial charge in [-0.25, -0.2) is 0 Å². The van der Waals surface area contributed by atoms with Gasteiger partial charge in [-0.05, 0) is 70.9 Å². The average Bonchev–Trinajstić information content (AvgIpc) is 3.12. The van der Waals surface area contributed by atoms with Crippen molar-refractivity contribution in [3.05, 3.63) is 75.3 Å². The van der Waals surface area contributed by atoms with Crippen LogP contribution in [0.3, 0.4) is 0 Å². The van der Waals surface area contributed by atoms with E-state index in [1.54, 1.807) is 0 Å². The standard InChI is InChI=1S/C24H23Cl2F3N2S/c1-14-5-17(3-4-21(14)15(2)30-10-16-11-32-12-16)22-9-23(13-31-22,24(27,28)29)18-6-19(25)8-20(26)7-18/h3-8,16,30H,2,9-13H2,1H3. The molecule has 2 heterocycles. The minimum atomic E-state index is -4.50. The van der Waals surface area contributed by atoms with Crippen LogP contribution in [0.5, 0.6) is 0 Å². The number of hydrogen-bond donors (Lipinski definition) is 1. The third-order valence-corrected chi connectivity index (χ3v) is 8.01. The Balaban J connectivity index is 1.57. The predicted molar refractivity (Wildman–Crippen MR) is 129 cm³/mol. The zero-order valence-corrected chi connectivity index (χ0v) is 19.9. The van der Waals surface area contributed by atoms with Crippen molar-refractivity contribution in [1.82, 2.24) is 5.32 Å². The van der Waals surface area contributed by atoms with Crippen LogP contribution < -0.4 is 5.32 Å². The van der Waals surface area contributed by atoms with Crippen molar-refractivity contribution < 1.29 is 13.2 Å². The Morgan fingerprint density at radius 1 is 1.19 bits per heavy atom. The number of aliphatic imine (C=N–C) groups is 1. The fourth-order valence-corrected chi connectivity index (χ4v) is 5.48. The van der Waals surface area contributed by atoms with E-state index in [-0.39, 0.29) is 22.0 Å². The summed E-state index contributed by atoms with van der Waals surface area (Å²) in [5, 5.41) is 3.74. The molecule has 4 rings (SSSR count). The maximum atomic E-state index is 14.3. The zero-order valence-electron chi connectivity index (χ0n) is 17.5. The molecule has 170 valence electrons. The summed E-state index contributed by atoms with van der Waals surface area (Å²) >= 11 is 14.0. The second-order valence-electron chi connectivity index (χ2n) is 8.47. The van der Waals surface area contributed by atoms with Gasteiger partial charge in [0.2, 0.25) is 0 Å². The van der Waals surface area contributed by atoms with Crippen LogP contribution in [0.15, 0.2) is 48.0 Å². The van der Waals surface area contributed by atoms with E-state index in [1.807, 2.05) is 36.9 Å². The highest BCUT2D eigenvalue weighted by Crippen LogP contribution is 2.48. The van der Waals surface area contributed by atoms with Crippen LogP contribution in [-0.2, 0) is 5.41 Å². The molecule has 0 saturated carbocycles. The first-order chi connectivity index (χ1) is 15.1. The topological polar surface area (TPSA) is 24.4 Å². The summed E-state index contributed by atoms with van der Waals surface area (Å²) in [5.74, 6) is 2.99. The van der Waals surface area contributed by atoms with Gasteiger partial charge in [0.15, 0.2) is 0 Å². The fraction of sp³-hybridized carbons (Fsp3) is 0.375. The van der Waals surface area contributed by atoms with Crippen LogP contribution in [0.25, 0.3) is 5.70 Å². The zero-order chi connectivity index (χ0) is 23.1. The molecule has 1 atom stereocenters. The summed E-state index contributed by atoms with van der Waals surface area (Å²) in [6, 6.07) is 9.72. The van der Waals surface area contributed by atoms with Crippen LogP contribution in [-0.4, -0.2) is 36.5 Å². The summed E-state index contributed by atoms with van der Waals surface area (Å²) in [6.45, 7) is 6.56. The first-order valence-corrected chi connectivity index (χ1v) is 12.2. The molecule has 0 aromatic heterocycles. The van der Waals surface area contributed by atoms with Gasteiger partial charge in [0, 0.05) is 34.4 Å². The predicted octanol–water partition coefficient (Wildman–Crippen LogP) is 6.92. The van der Waals surface area contributed by atoms with Crippen LogP contribution in [0.1, 0.15) is 28.7 Å². The molecule has 1 fully saturated rings. The van der Waals surface area contributed by atoms with Gasteiger partial charge in [-0.15, -0.1) is 0 Å². The third-order valence-electron chi connectivity index (χ3n) is 6.16. The highest BCUT2D eigenvalue weighted by molar-refractivity contribution is 8.00. The minimum absolute atomic E-state index is 0.0429. The summed E-state index contributed by atoms with van der Waals surface area (Å²) in [4.78, 5) is 4.33. The van der Waals surface area contributed by atoms with Crippen LogP contribution >= 0.6 is 35.0 Å². The molecule has 32 heavy (non-hydrogen) atoms. The highest BCUT2D eigenvalue weighted by Gasteiger charge is 2.58. The second-order valence-corrected chi connectivity index (χ2v) is 10.4. The molecule has 1 N–H and O–H groups in total. The van der Waals surface area contributed by atoms with Crippen molar-refractivity contribution in [2.75, 3.05) is 24.6 Å². The average molecular weight is 499 g/mol. The van der Waals surface area contributed by atoms with Gasteiger partial charge < -0.3 is 5.32 Å². The van der Waals surface area contributed by atoms with Crippen molar-refractivity contribution in [2.45, 2.75) is 24.9 Å². The highest BCUT2D eigenvalue weighted by atomic mass is 35.5. The molecule has 0 spiro atoms. The lowest BCUT2D eigenvalue weighted by Gasteiger charge is -2.31. The quantitative estimate of drug-likeness (QED) is 0.467. The lowest BCUT2D eigenvalue weighted by atomic mass is 9.76. The molecule has 1 unspecified atom stereocenters. The molecule has 2 aliphatic heterocycles. The number of rotatable bonds is 6. The van der Waals surface area contributed by atoms with Crippen LogP contribution in [0.2, 0.25) is 10.0 Å². The lowest BCUT2D eigenvalue weighted by molar-refractivity contribution is -0.183. The molecule has 1 saturated heterocycles. The number of thioether (sulfide) groups is 1. The maximum Gasteiger partial charge on any atom is 0.400 e. The minimum Gasteiger partial charge on any atom is -0.385 e. The van der Waals surface area contributed by atoms with E-state index in [0.717, 1.165) is 34.9 Å². The Bertz CT molecular complexity index is 1060. The largest absolute Gasteiger partial charge is 0.400 e. The van der Waals surface area contributed by atoms with E-state index in [2.05, 4.69) is 16.9 Å². The van der Waals surface area contributed by atoms with Gasteiger partial charge in [-0.3, -0.25) is 4.99 Å². The van der Waals surface area contributed by atoms with Crippen molar-refractivity contribution in [1.29, 1.82) is 0 Å². The summed E-state index contributed by atoms with van der Waals surface area (Å²) < 4.78 is 42.9. The molecule has 2 aromatic carbocycles. The Morgan fingerprint density at radius 2 is 1.88 bits per heavy atom. The molecule has 0 bridgehead atoms. The molecule has 0 amide bonds. The summed E-state index contributed by atoms with van der Waals surface area (Å²) in [7, 11) is 0. The molecule has 0 radical (unpaired) electrons. The van der Waals surface area contributed by atoms with Gasteiger partial charge in [-0.1, -0.05) is 41.9 Å². The van der Waals surface area contributed by atoms with E-state index in [1.165, 1.54) is 18.2 Å². The third kappa shape index (κ3) is 4.55. The normalized spacial score (nSPS) is 21.2. The Labute approximate surface area is 200 Å². The van der Waals surface area contributed by atoms with E-state index in [4.69, 9.17) is 23.2 Å². The molecule has 2 aromatic rings. The SMILES string of the molecule is C=C(NCC1CSC1)c1ccc(C2=NCC(c3cc(Cl)cc(Cl)c3)(C(F)(F)F)C2)cc1C. The van der Waals surface area contributed by atoms with Crippen LogP contribution in [0.4, 0.5) is 13.2 Å². The van der Waals surface area contributed by atoms with Crippen molar-refractivity contribution >= 4 is 46.4 Å². The monoisotopic (exact) mass is 498 g/mol. The molecular weight excluding hydrogens is 476 g/mol. The second kappa shape index (κ2) is 8.96. The smallest absolute Gasteiger partial charge is 0.385 e. The maximum absolute atomic E-state index is 14.3. The Hall–Kier alpha value is -1.63. The van der Waals surface area contributed by atoms with Crippen LogP contribution in [0, 0.1) is 12.8 Å². The van der Waals surface area contributed by atoms with Gasteiger partial charge in [0.1, 0.15) is 5.41 Å². The van der Waals surface area contributed by atoms with Gasteiger partial charge in [0.25, 0.3) is 0 Å². The summed E-state index contributed by atoms with van der Waals surface area (Å²) in [5.41, 5.74) is 1.75. The molecule has 8 heteroatoms. The lowest BCUT2D eigenvalue weighted by Crippen LogP contribution is -2.43. The van der Waals surface area contributed by atoms with E-state index < -0.39 is 18.1 Å². The van der Waals surface area contributed by atoms with E-state index >= 15 is 0 Å². The molecule has 0 aliphatic carbocycles. The van der Waals surface area contributed by atoms with Gasteiger partial charge >= 0.3 is 6.18 Å². The number of hydrogen-bond acceptors (Lipinski definition) is 3. The number of nitrogens with zero attached hydrogens (tertiary/aromatic N) is 1. The Morgan fingerprint density at radius 3 is 2.44 bits per heavy atom. The van der Waals surface area contributed by atoms with Crippen molar-refractivity contribution in [3.63, 3.8) is 0 Å². The van der Waals surface area contributed by atoms with E-state index in [9.17, 15) is 13.2 Å². The number of halogens is 5. The van der Waals surface area contributed by atoms with Gasteiger partial charge in [0.05, 0.1) is 6.54 Å². The first kappa shape index (κ1) is 23.5. The Kier molecular flexibility index (Phi) is 6.59. The van der Waals surface area contributed by atoms with Gasteiger partial charge in [-0.2, -0.15) is 24.9 Å². The fourth-order valence-electron chi connectivity index (χ4n) is 4.15. The van der Waals surface area contributed by atoms with Crippen molar-refractivity contribution in [2.24, 2.45) is 10.9 Å².